The highest BCUT2D eigenvalue weighted by molar-refractivity contribution is 5.69. The molecule has 0 aliphatic rings. The molecule has 0 aliphatic carbocycles. The zero-order chi connectivity index (χ0) is 17.2. The average molecular weight is 329 g/mol. The third kappa shape index (κ3) is 17.6. The Hall–Kier alpha value is -0.610. The number of unbranched alkanes of at least 4 members (excludes halogenated alkanes) is 9. The number of carbonyl (C=O) groups excluding carboxylic acids is 1. The highest BCUT2D eigenvalue weighted by atomic mass is 16.5. The van der Waals surface area contributed by atoms with Crippen LogP contribution in [0, 0.1) is 0 Å². The van der Waals surface area contributed by atoms with Gasteiger partial charge in [0.05, 0.1) is 12.5 Å². The van der Waals surface area contributed by atoms with Crippen LogP contribution in [-0.4, -0.2) is 31.7 Å². The van der Waals surface area contributed by atoms with Gasteiger partial charge in [0.15, 0.2) is 0 Å². The molecule has 0 saturated carbocycles. The van der Waals surface area contributed by atoms with E-state index >= 15 is 0 Å². The maximum Gasteiger partial charge on any atom is 0.307 e. The van der Waals surface area contributed by atoms with Crippen LogP contribution in [0.25, 0.3) is 0 Å². The minimum absolute atomic E-state index is 0.0473. The van der Waals surface area contributed by atoms with Crippen molar-refractivity contribution in [2.75, 3.05) is 19.6 Å². The Morgan fingerprint density at radius 3 is 2.09 bits per heavy atom. The van der Waals surface area contributed by atoms with E-state index in [2.05, 4.69) is 12.2 Å². The lowest BCUT2D eigenvalue weighted by Gasteiger charge is -2.13. The Morgan fingerprint density at radius 2 is 1.52 bits per heavy atom. The number of nitrogens with two attached hydrogens (primary N) is 1. The van der Waals surface area contributed by atoms with E-state index in [9.17, 15) is 4.79 Å². The normalized spacial score (nSPS) is 12.3. The van der Waals surface area contributed by atoms with Gasteiger partial charge >= 0.3 is 5.97 Å². The molecule has 0 fully saturated rings. The van der Waals surface area contributed by atoms with E-state index in [4.69, 9.17) is 10.5 Å². The second-order valence-corrected chi connectivity index (χ2v) is 6.56. The molecule has 0 aromatic rings. The van der Waals surface area contributed by atoms with Gasteiger partial charge in [-0.25, -0.2) is 0 Å². The maximum atomic E-state index is 11.6. The maximum absolute atomic E-state index is 11.6. The molecular weight excluding hydrogens is 288 g/mol. The fraction of sp³-hybridized carbons (Fsp3) is 0.947. The van der Waals surface area contributed by atoms with Gasteiger partial charge in [0.2, 0.25) is 0 Å². The molecule has 0 amide bonds. The van der Waals surface area contributed by atoms with Gasteiger partial charge < -0.3 is 15.8 Å². The summed E-state index contributed by atoms with van der Waals surface area (Å²) in [6, 6.07) is 0. The molecule has 3 N–H and O–H groups in total. The van der Waals surface area contributed by atoms with Gasteiger partial charge in [-0.05, 0) is 19.8 Å². The largest absolute Gasteiger partial charge is 0.463 e. The number of nitrogens with one attached hydrogen (secondary N) is 1. The summed E-state index contributed by atoms with van der Waals surface area (Å²) in [5.74, 6) is -0.103. The van der Waals surface area contributed by atoms with Gasteiger partial charge in [0.1, 0.15) is 0 Å². The molecular formula is C19H40N2O2. The van der Waals surface area contributed by atoms with Gasteiger partial charge in [-0.1, -0.05) is 64.7 Å². The van der Waals surface area contributed by atoms with Gasteiger partial charge in [0.25, 0.3) is 0 Å². The summed E-state index contributed by atoms with van der Waals surface area (Å²) < 4.78 is 5.40. The van der Waals surface area contributed by atoms with E-state index in [1.54, 1.807) is 0 Å². The van der Waals surface area contributed by atoms with Gasteiger partial charge in [-0.2, -0.15) is 0 Å². The Bertz CT molecular complexity index is 260. The molecule has 4 nitrogen and oxygen atoms in total. The summed E-state index contributed by atoms with van der Waals surface area (Å²) in [7, 11) is 0. The highest BCUT2D eigenvalue weighted by Gasteiger charge is 2.08. The van der Waals surface area contributed by atoms with E-state index in [1.165, 1.54) is 57.8 Å². The first-order chi connectivity index (χ1) is 11.2. The molecule has 23 heavy (non-hydrogen) atoms. The molecule has 0 aromatic heterocycles. The van der Waals surface area contributed by atoms with E-state index in [1.807, 2.05) is 6.92 Å². The lowest BCUT2D eigenvalue weighted by Crippen LogP contribution is -2.26. The van der Waals surface area contributed by atoms with E-state index in [0.717, 1.165) is 19.4 Å². The van der Waals surface area contributed by atoms with Crippen molar-refractivity contribution in [3.05, 3.63) is 0 Å². The van der Waals surface area contributed by atoms with E-state index < -0.39 is 0 Å². The summed E-state index contributed by atoms with van der Waals surface area (Å²) in [4.78, 5) is 11.6. The minimum atomic E-state index is -0.103. The van der Waals surface area contributed by atoms with Crippen LogP contribution in [0.3, 0.4) is 0 Å². The van der Waals surface area contributed by atoms with Crippen LogP contribution in [0.15, 0.2) is 0 Å². The first kappa shape index (κ1) is 22.4. The average Bonchev–Trinajstić information content (AvgIpc) is 2.53. The predicted octanol–water partition coefficient (Wildman–Crippen LogP) is 4.17. The Balaban J connectivity index is 3.29. The first-order valence-electron chi connectivity index (χ1n) is 9.81. The van der Waals surface area contributed by atoms with Crippen LogP contribution >= 0.6 is 0 Å². The van der Waals surface area contributed by atoms with Crippen LogP contribution < -0.4 is 11.1 Å². The van der Waals surface area contributed by atoms with Gasteiger partial charge in [0, 0.05) is 19.6 Å². The molecule has 1 atom stereocenters. The van der Waals surface area contributed by atoms with Crippen molar-refractivity contribution < 1.29 is 9.53 Å². The molecule has 0 spiro atoms. The topological polar surface area (TPSA) is 64.3 Å². The molecule has 0 aromatic carbocycles. The zero-order valence-electron chi connectivity index (χ0n) is 15.6. The van der Waals surface area contributed by atoms with E-state index in [-0.39, 0.29) is 12.1 Å². The summed E-state index contributed by atoms with van der Waals surface area (Å²) in [5, 5.41) is 3.10. The van der Waals surface area contributed by atoms with Crippen LogP contribution in [0.4, 0.5) is 0 Å². The van der Waals surface area contributed by atoms with Crippen LogP contribution in [0.5, 0.6) is 0 Å². The molecule has 0 aliphatic heterocycles. The molecule has 0 saturated heterocycles. The number of rotatable bonds is 17. The number of ether oxygens (including phenoxy) is 1. The third-order valence-corrected chi connectivity index (χ3v) is 4.12. The number of hydrogen-bond donors (Lipinski definition) is 2. The van der Waals surface area contributed by atoms with Crippen LogP contribution in [-0.2, 0) is 9.53 Å². The first-order valence-corrected chi connectivity index (χ1v) is 9.81. The summed E-state index contributed by atoms with van der Waals surface area (Å²) in [6.45, 7) is 6.27. The molecule has 0 bridgehead atoms. The highest BCUT2D eigenvalue weighted by Crippen LogP contribution is 2.13. The number of hydrogen-bond acceptors (Lipinski definition) is 4. The third-order valence-electron chi connectivity index (χ3n) is 4.12. The van der Waals surface area contributed by atoms with Crippen molar-refractivity contribution in [1.29, 1.82) is 0 Å². The Morgan fingerprint density at radius 1 is 0.957 bits per heavy atom. The fourth-order valence-electron chi connectivity index (χ4n) is 2.68. The molecule has 0 rings (SSSR count). The summed E-state index contributed by atoms with van der Waals surface area (Å²) in [6.07, 6.45) is 14.9. The Kier molecular flexibility index (Phi) is 17.3. The van der Waals surface area contributed by atoms with Gasteiger partial charge in [-0.3, -0.25) is 4.79 Å². The second kappa shape index (κ2) is 17.7. The predicted molar refractivity (Wildman–Crippen MR) is 98.6 cm³/mol. The lowest BCUT2D eigenvalue weighted by molar-refractivity contribution is -0.148. The van der Waals surface area contributed by atoms with Crippen molar-refractivity contribution in [1.82, 2.24) is 5.32 Å². The standard InChI is InChI=1S/C19H40N2O2/c1-3-4-5-6-7-8-9-10-11-12-13-18(2)23-19(22)14-16-21-17-15-20/h18,21H,3-17,20H2,1-2H3. The zero-order valence-corrected chi connectivity index (χ0v) is 15.6. The number of esters is 1. The molecule has 0 heterocycles. The van der Waals surface area contributed by atoms with E-state index in [0.29, 0.717) is 19.5 Å². The molecule has 1 unspecified atom stereocenters. The monoisotopic (exact) mass is 328 g/mol. The SMILES string of the molecule is CCCCCCCCCCCCC(C)OC(=O)CCNCCN. The molecule has 4 heteroatoms. The second-order valence-electron chi connectivity index (χ2n) is 6.56. The van der Waals surface area contributed by atoms with Crippen molar-refractivity contribution in [2.24, 2.45) is 5.73 Å². The van der Waals surface area contributed by atoms with Crippen molar-refractivity contribution in [2.45, 2.75) is 97.0 Å². The smallest absolute Gasteiger partial charge is 0.307 e. The quantitative estimate of drug-likeness (QED) is 0.311. The van der Waals surface area contributed by atoms with Crippen molar-refractivity contribution in [3.8, 4) is 0 Å². The van der Waals surface area contributed by atoms with Crippen molar-refractivity contribution in [3.63, 3.8) is 0 Å². The summed E-state index contributed by atoms with van der Waals surface area (Å²) >= 11 is 0. The van der Waals surface area contributed by atoms with Crippen molar-refractivity contribution >= 4 is 5.97 Å². The molecule has 0 radical (unpaired) electrons. The summed E-state index contributed by atoms with van der Waals surface area (Å²) in [5.41, 5.74) is 5.37. The number of carbonyl (C=O) groups is 1. The van der Waals surface area contributed by atoms with Crippen LogP contribution in [0.1, 0.15) is 90.9 Å². The van der Waals surface area contributed by atoms with Gasteiger partial charge in [-0.15, -0.1) is 0 Å². The fourth-order valence-corrected chi connectivity index (χ4v) is 2.68. The minimum Gasteiger partial charge on any atom is -0.463 e. The molecule has 138 valence electrons. The lowest BCUT2D eigenvalue weighted by atomic mass is 10.0. The Labute approximate surface area is 143 Å². The van der Waals surface area contributed by atoms with Crippen LogP contribution in [0.2, 0.25) is 0 Å².